The van der Waals surface area contributed by atoms with Crippen LogP contribution in [0.15, 0.2) is 35.2 Å². The Balaban J connectivity index is 2.13. The van der Waals surface area contributed by atoms with E-state index >= 15 is 0 Å². The molecule has 0 aliphatic rings. The van der Waals surface area contributed by atoms with E-state index < -0.39 is 0 Å². The number of aryl methyl sites for hydroxylation is 1. The Kier molecular flexibility index (Phi) is 6.02. The Bertz CT molecular complexity index is 565. The van der Waals surface area contributed by atoms with Crippen molar-refractivity contribution >= 4 is 17.6 Å². The zero-order valence-electron chi connectivity index (χ0n) is 12.7. The van der Waals surface area contributed by atoms with Gasteiger partial charge in [-0.2, -0.15) is 0 Å². The average molecular weight is 303 g/mol. The van der Waals surface area contributed by atoms with Gasteiger partial charge in [0.25, 0.3) is 0 Å². The van der Waals surface area contributed by atoms with Crippen LogP contribution in [-0.4, -0.2) is 23.6 Å². The molecule has 0 radical (unpaired) electrons. The molecule has 0 saturated heterocycles. The fourth-order valence-corrected chi connectivity index (χ4v) is 2.86. The van der Waals surface area contributed by atoms with E-state index in [0.29, 0.717) is 6.61 Å². The third-order valence-electron chi connectivity index (χ3n) is 2.93. The number of benzene rings is 1. The third kappa shape index (κ3) is 4.72. The maximum absolute atomic E-state index is 5.17. The molecule has 0 bridgehead atoms. The molecule has 0 spiro atoms. The van der Waals surface area contributed by atoms with E-state index in [1.165, 1.54) is 10.5 Å². The lowest BCUT2D eigenvalue weighted by Crippen LogP contribution is -2.06. The summed E-state index contributed by atoms with van der Waals surface area (Å²) in [7, 11) is 1.68. The van der Waals surface area contributed by atoms with Gasteiger partial charge in [0.2, 0.25) is 0 Å². The number of nitrogens with one attached hydrogen (secondary N) is 1. The van der Waals surface area contributed by atoms with Crippen LogP contribution in [-0.2, 0) is 17.1 Å². The molecular formula is C16H21N3OS. The first kappa shape index (κ1) is 15.8. The summed E-state index contributed by atoms with van der Waals surface area (Å²) in [5.41, 5.74) is 2.19. The Morgan fingerprint density at radius 3 is 2.76 bits per heavy atom. The van der Waals surface area contributed by atoms with Crippen LogP contribution in [0.25, 0.3) is 0 Å². The number of rotatable bonds is 7. The van der Waals surface area contributed by atoms with Crippen molar-refractivity contribution in [2.75, 3.05) is 19.0 Å². The van der Waals surface area contributed by atoms with E-state index in [-0.39, 0.29) is 0 Å². The van der Waals surface area contributed by atoms with Crippen LogP contribution >= 0.6 is 11.8 Å². The van der Waals surface area contributed by atoms with Crippen molar-refractivity contribution in [1.29, 1.82) is 0 Å². The van der Waals surface area contributed by atoms with E-state index in [1.807, 2.05) is 6.07 Å². The number of ether oxygens (including phenoxy) is 1. The normalized spacial score (nSPS) is 10.6. The molecule has 0 saturated carbocycles. The molecule has 0 atom stereocenters. The minimum atomic E-state index is 0.503. The fourth-order valence-electron chi connectivity index (χ4n) is 1.97. The highest BCUT2D eigenvalue weighted by Crippen LogP contribution is 2.25. The lowest BCUT2D eigenvalue weighted by atomic mass is 10.2. The van der Waals surface area contributed by atoms with Crippen molar-refractivity contribution in [2.24, 2.45) is 0 Å². The van der Waals surface area contributed by atoms with Crippen molar-refractivity contribution in [3.05, 3.63) is 47.4 Å². The zero-order valence-corrected chi connectivity index (χ0v) is 13.5. The molecule has 1 aromatic carbocycles. The molecule has 0 amide bonds. The van der Waals surface area contributed by atoms with E-state index in [9.17, 15) is 0 Å². The van der Waals surface area contributed by atoms with E-state index in [0.717, 1.165) is 29.6 Å². The van der Waals surface area contributed by atoms with Crippen molar-refractivity contribution < 1.29 is 4.74 Å². The largest absolute Gasteiger partial charge is 0.378 e. The Hall–Kier alpha value is -1.59. The number of anilines is 1. The van der Waals surface area contributed by atoms with Gasteiger partial charge in [0, 0.05) is 24.6 Å². The average Bonchev–Trinajstić information content (AvgIpc) is 2.47. The molecule has 4 nitrogen and oxygen atoms in total. The maximum Gasteiger partial charge on any atom is 0.141 e. The van der Waals surface area contributed by atoms with Crippen molar-refractivity contribution in [3.63, 3.8) is 0 Å². The molecule has 21 heavy (non-hydrogen) atoms. The molecule has 0 aliphatic heterocycles. The van der Waals surface area contributed by atoms with Gasteiger partial charge in [0.15, 0.2) is 0 Å². The highest BCUT2D eigenvalue weighted by Gasteiger charge is 2.06. The SMILES string of the molecule is CCNc1cc(COC)nc(CSc2ccccc2C)n1. The van der Waals surface area contributed by atoms with Crippen molar-refractivity contribution in [2.45, 2.75) is 31.1 Å². The highest BCUT2D eigenvalue weighted by atomic mass is 32.2. The standard InChI is InChI=1S/C16H21N3OS/c1-4-17-15-9-13(10-20-3)18-16(19-15)11-21-14-8-6-5-7-12(14)2/h5-9H,4,10-11H2,1-3H3,(H,17,18,19). The second-order valence-electron chi connectivity index (χ2n) is 4.68. The quantitative estimate of drug-likeness (QED) is 0.791. The molecule has 0 unspecified atom stereocenters. The fraction of sp³-hybridized carbons (Fsp3) is 0.375. The number of hydrogen-bond acceptors (Lipinski definition) is 5. The van der Waals surface area contributed by atoms with Gasteiger partial charge in [0.05, 0.1) is 18.1 Å². The summed E-state index contributed by atoms with van der Waals surface area (Å²) in [6, 6.07) is 10.3. The van der Waals surface area contributed by atoms with E-state index in [2.05, 4.69) is 53.4 Å². The molecule has 1 heterocycles. The second kappa shape index (κ2) is 8.00. The third-order valence-corrected chi connectivity index (χ3v) is 4.10. The first-order chi connectivity index (χ1) is 10.2. The van der Waals surface area contributed by atoms with Gasteiger partial charge in [-0.3, -0.25) is 0 Å². The second-order valence-corrected chi connectivity index (χ2v) is 5.70. The topological polar surface area (TPSA) is 47.0 Å². The molecule has 2 rings (SSSR count). The summed E-state index contributed by atoms with van der Waals surface area (Å²) in [5, 5.41) is 3.24. The van der Waals surface area contributed by atoms with Crippen LogP contribution in [0.5, 0.6) is 0 Å². The zero-order chi connectivity index (χ0) is 15.1. The van der Waals surface area contributed by atoms with E-state index in [1.54, 1.807) is 18.9 Å². The summed E-state index contributed by atoms with van der Waals surface area (Å²) >= 11 is 1.76. The smallest absolute Gasteiger partial charge is 0.141 e. The number of methoxy groups -OCH3 is 1. The monoisotopic (exact) mass is 303 g/mol. The molecule has 1 aromatic heterocycles. The molecule has 0 fully saturated rings. The van der Waals surface area contributed by atoms with Gasteiger partial charge >= 0.3 is 0 Å². The summed E-state index contributed by atoms with van der Waals surface area (Å²) in [6.07, 6.45) is 0. The van der Waals surface area contributed by atoms with Gasteiger partial charge in [-0.15, -0.1) is 11.8 Å². The van der Waals surface area contributed by atoms with Crippen LogP contribution < -0.4 is 5.32 Å². The van der Waals surface area contributed by atoms with Gasteiger partial charge in [0.1, 0.15) is 11.6 Å². The molecule has 112 valence electrons. The van der Waals surface area contributed by atoms with Crippen LogP contribution in [0.4, 0.5) is 5.82 Å². The molecule has 0 aliphatic carbocycles. The summed E-state index contributed by atoms with van der Waals surface area (Å²) in [6.45, 7) is 5.52. The van der Waals surface area contributed by atoms with E-state index in [4.69, 9.17) is 4.74 Å². The number of thioether (sulfide) groups is 1. The molecule has 2 aromatic rings. The van der Waals surface area contributed by atoms with Gasteiger partial charge in [-0.25, -0.2) is 9.97 Å². The summed E-state index contributed by atoms with van der Waals surface area (Å²) in [5.74, 6) is 2.44. The molecular weight excluding hydrogens is 282 g/mol. The van der Waals surface area contributed by atoms with Crippen LogP contribution in [0, 0.1) is 6.92 Å². The number of hydrogen-bond donors (Lipinski definition) is 1. The lowest BCUT2D eigenvalue weighted by Gasteiger charge is -2.09. The minimum absolute atomic E-state index is 0.503. The van der Waals surface area contributed by atoms with Crippen LogP contribution in [0.2, 0.25) is 0 Å². The predicted octanol–water partition coefficient (Wildman–Crippen LogP) is 3.66. The minimum Gasteiger partial charge on any atom is -0.378 e. The molecule has 5 heteroatoms. The first-order valence-corrected chi connectivity index (χ1v) is 7.99. The Labute approximate surface area is 130 Å². The Morgan fingerprint density at radius 1 is 1.24 bits per heavy atom. The van der Waals surface area contributed by atoms with Crippen LogP contribution in [0.1, 0.15) is 24.0 Å². The van der Waals surface area contributed by atoms with Crippen molar-refractivity contribution in [3.8, 4) is 0 Å². The van der Waals surface area contributed by atoms with Gasteiger partial charge in [-0.05, 0) is 25.5 Å². The van der Waals surface area contributed by atoms with Crippen molar-refractivity contribution in [1.82, 2.24) is 9.97 Å². The Morgan fingerprint density at radius 2 is 2.05 bits per heavy atom. The number of aromatic nitrogens is 2. The number of nitrogens with zero attached hydrogens (tertiary/aromatic N) is 2. The maximum atomic E-state index is 5.17. The first-order valence-electron chi connectivity index (χ1n) is 7.01. The van der Waals surface area contributed by atoms with Gasteiger partial charge < -0.3 is 10.1 Å². The molecule has 1 N–H and O–H groups in total. The lowest BCUT2D eigenvalue weighted by molar-refractivity contribution is 0.181. The van der Waals surface area contributed by atoms with Gasteiger partial charge in [-0.1, -0.05) is 18.2 Å². The van der Waals surface area contributed by atoms with Crippen LogP contribution in [0.3, 0.4) is 0 Å². The summed E-state index contributed by atoms with van der Waals surface area (Å²) < 4.78 is 5.17. The summed E-state index contributed by atoms with van der Waals surface area (Å²) in [4.78, 5) is 10.4. The highest BCUT2D eigenvalue weighted by molar-refractivity contribution is 7.98. The predicted molar refractivity (Wildman–Crippen MR) is 87.6 cm³/mol.